The van der Waals surface area contributed by atoms with Crippen molar-refractivity contribution in [2.45, 2.75) is 27.0 Å². The van der Waals surface area contributed by atoms with E-state index >= 15 is 0 Å². The van der Waals surface area contributed by atoms with Crippen LogP contribution in [0.2, 0.25) is 5.02 Å². The van der Waals surface area contributed by atoms with Gasteiger partial charge in [-0.25, -0.2) is 4.79 Å². The fourth-order valence-corrected chi connectivity index (χ4v) is 2.27. The molecule has 2 aromatic carbocycles. The van der Waals surface area contributed by atoms with E-state index in [1.807, 2.05) is 26.0 Å². The number of amides is 2. The van der Waals surface area contributed by atoms with E-state index in [1.54, 1.807) is 31.2 Å². The predicted molar refractivity (Wildman–Crippen MR) is 89.6 cm³/mol. The molecular formula is C17H19ClN2O2. The van der Waals surface area contributed by atoms with Crippen molar-refractivity contribution < 1.29 is 9.53 Å². The van der Waals surface area contributed by atoms with Crippen LogP contribution in [0.25, 0.3) is 0 Å². The van der Waals surface area contributed by atoms with Gasteiger partial charge in [0.1, 0.15) is 5.75 Å². The van der Waals surface area contributed by atoms with E-state index in [-0.39, 0.29) is 6.03 Å². The minimum absolute atomic E-state index is 0.313. The smallest absolute Gasteiger partial charge is 0.322 e. The van der Waals surface area contributed by atoms with E-state index in [4.69, 9.17) is 16.3 Å². The molecule has 2 amide bonds. The summed E-state index contributed by atoms with van der Waals surface area (Å²) in [6.07, 6.45) is -0.466. The summed E-state index contributed by atoms with van der Waals surface area (Å²) in [6.45, 7) is 5.74. The molecule has 0 heterocycles. The van der Waals surface area contributed by atoms with Gasteiger partial charge in [-0.1, -0.05) is 17.7 Å². The third-order valence-electron chi connectivity index (χ3n) is 2.94. The third-order valence-corrected chi connectivity index (χ3v) is 3.19. The number of carbonyl (C=O) groups is 1. The molecule has 0 spiro atoms. The third kappa shape index (κ3) is 4.97. The minimum Gasteiger partial charge on any atom is -0.471 e. The van der Waals surface area contributed by atoms with Gasteiger partial charge in [-0.05, 0) is 68.3 Å². The summed E-state index contributed by atoms with van der Waals surface area (Å²) in [6, 6.07) is 12.5. The first-order chi connectivity index (χ1) is 10.4. The minimum atomic E-state index is -0.466. The fraction of sp³-hybridized carbons (Fsp3) is 0.235. The number of benzene rings is 2. The van der Waals surface area contributed by atoms with Gasteiger partial charge in [0.25, 0.3) is 0 Å². The molecule has 0 aliphatic carbocycles. The normalized spacial score (nSPS) is 11.6. The maximum atomic E-state index is 12.0. The first-order valence-electron chi connectivity index (χ1n) is 7.00. The predicted octanol–water partition coefficient (Wildman–Crippen LogP) is 4.50. The lowest BCUT2D eigenvalue weighted by Gasteiger charge is -2.17. The van der Waals surface area contributed by atoms with Crippen LogP contribution in [0.4, 0.5) is 10.5 Å². The number of aryl methyl sites for hydroxylation is 2. The number of rotatable bonds is 4. The highest BCUT2D eigenvalue weighted by Crippen LogP contribution is 2.16. The van der Waals surface area contributed by atoms with E-state index in [2.05, 4.69) is 16.7 Å². The Labute approximate surface area is 135 Å². The number of urea groups is 1. The largest absolute Gasteiger partial charge is 0.471 e. The van der Waals surface area contributed by atoms with Gasteiger partial charge in [0.05, 0.1) is 0 Å². The van der Waals surface area contributed by atoms with Crippen molar-refractivity contribution in [1.82, 2.24) is 5.32 Å². The van der Waals surface area contributed by atoms with Crippen LogP contribution in [0, 0.1) is 13.8 Å². The molecule has 5 heteroatoms. The van der Waals surface area contributed by atoms with Crippen molar-refractivity contribution in [2.75, 3.05) is 5.32 Å². The Hall–Kier alpha value is -2.20. The lowest BCUT2D eigenvalue weighted by Crippen LogP contribution is -2.39. The average Bonchev–Trinajstić information content (AvgIpc) is 2.39. The van der Waals surface area contributed by atoms with E-state index in [0.717, 1.165) is 16.8 Å². The Morgan fingerprint density at radius 3 is 2.27 bits per heavy atom. The zero-order valence-corrected chi connectivity index (χ0v) is 13.6. The lowest BCUT2D eigenvalue weighted by atomic mass is 10.1. The number of ether oxygens (including phenoxy) is 1. The van der Waals surface area contributed by atoms with Crippen LogP contribution in [0.3, 0.4) is 0 Å². The van der Waals surface area contributed by atoms with Gasteiger partial charge in [0, 0.05) is 10.7 Å². The molecule has 2 aromatic rings. The van der Waals surface area contributed by atoms with Crippen molar-refractivity contribution >= 4 is 23.3 Å². The van der Waals surface area contributed by atoms with Crippen molar-refractivity contribution in [3.8, 4) is 5.75 Å². The van der Waals surface area contributed by atoms with Crippen LogP contribution < -0.4 is 15.4 Å². The van der Waals surface area contributed by atoms with Gasteiger partial charge in [0.15, 0.2) is 6.23 Å². The average molecular weight is 319 g/mol. The van der Waals surface area contributed by atoms with E-state index in [1.165, 1.54) is 0 Å². The molecule has 0 aliphatic heterocycles. The van der Waals surface area contributed by atoms with Gasteiger partial charge in [-0.15, -0.1) is 0 Å². The van der Waals surface area contributed by atoms with Gasteiger partial charge >= 0.3 is 6.03 Å². The van der Waals surface area contributed by atoms with E-state index < -0.39 is 6.23 Å². The van der Waals surface area contributed by atoms with Crippen LogP contribution >= 0.6 is 11.6 Å². The number of hydrogen-bond acceptors (Lipinski definition) is 2. The second-order valence-electron chi connectivity index (χ2n) is 5.19. The van der Waals surface area contributed by atoms with Crippen LogP contribution in [0.5, 0.6) is 5.75 Å². The molecule has 0 radical (unpaired) electrons. The van der Waals surface area contributed by atoms with Crippen molar-refractivity contribution in [3.63, 3.8) is 0 Å². The number of anilines is 1. The molecule has 0 aromatic heterocycles. The summed E-state index contributed by atoms with van der Waals surface area (Å²) in [4.78, 5) is 12.0. The highest BCUT2D eigenvalue weighted by Gasteiger charge is 2.09. The number of hydrogen-bond donors (Lipinski definition) is 2. The molecule has 1 atom stereocenters. The first kappa shape index (κ1) is 16.2. The molecule has 0 bridgehead atoms. The molecule has 22 heavy (non-hydrogen) atoms. The summed E-state index contributed by atoms with van der Waals surface area (Å²) < 4.78 is 5.59. The Morgan fingerprint density at radius 2 is 1.68 bits per heavy atom. The highest BCUT2D eigenvalue weighted by molar-refractivity contribution is 6.30. The molecule has 4 nitrogen and oxygen atoms in total. The number of halogens is 1. The molecule has 0 saturated heterocycles. The second-order valence-corrected chi connectivity index (χ2v) is 5.63. The van der Waals surface area contributed by atoms with E-state index in [9.17, 15) is 4.79 Å². The summed E-state index contributed by atoms with van der Waals surface area (Å²) in [5, 5.41) is 6.16. The molecular weight excluding hydrogens is 300 g/mol. The zero-order valence-electron chi connectivity index (χ0n) is 12.8. The summed E-state index contributed by atoms with van der Waals surface area (Å²) >= 11 is 5.81. The lowest BCUT2D eigenvalue weighted by molar-refractivity contribution is 0.183. The monoisotopic (exact) mass is 318 g/mol. The van der Waals surface area contributed by atoms with Crippen LogP contribution in [-0.4, -0.2) is 12.3 Å². The van der Waals surface area contributed by atoms with Crippen molar-refractivity contribution in [1.29, 1.82) is 0 Å². The van der Waals surface area contributed by atoms with Crippen LogP contribution in [0.15, 0.2) is 42.5 Å². The molecule has 116 valence electrons. The fourth-order valence-electron chi connectivity index (χ4n) is 2.15. The number of carbonyl (C=O) groups excluding carboxylic acids is 1. The molecule has 0 saturated carbocycles. The highest BCUT2D eigenvalue weighted by atomic mass is 35.5. The Balaban J connectivity index is 1.89. The molecule has 1 unspecified atom stereocenters. The van der Waals surface area contributed by atoms with Gasteiger partial charge in [-0.2, -0.15) is 0 Å². The maximum Gasteiger partial charge on any atom is 0.322 e. The topological polar surface area (TPSA) is 50.4 Å². The molecule has 0 aliphatic rings. The SMILES string of the molecule is Cc1cc(C)cc(NC(=O)NC(C)Oc2ccc(Cl)cc2)c1. The Kier molecular flexibility index (Phi) is 5.28. The van der Waals surface area contributed by atoms with Gasteiger partial charge in [-0.3, -0.25) is 0 Å². The quantitative estimate of drug-likeness (QED) is 0.815. The summed E-state index contributed by atoms with van der Waals surface area (Å²) in [5.74, 6) is 0.642. The van der Waals surface area contributed by atoms with Crippen molar-refractivity contribution in [2.24, 2.45) is 0 Å². The first-order valence-corrected chi connectivity index (χ1v) is 7.38. The van der Waals surface area contributed by atoms with Crippen LogP contribution in [0.1, 0.15) is 18.1 Å². The Morgan fingerprint density at radius 1 is 1.09 bits per heavy atom. The summed E-state index contributed by atoms with van der Waals surface area (Å²) in [5.41, 5.74) is 2.95. The van der Waals surface area contributed by atoms with Crippen molar-refractivity contribution in [3.05, 3.63) is 58.6 Å². The molecule has 2 rings (SSSR count). The maximum absolute atomic E-state index is 12.0. The number of nitrogens with one attached hydrogen (secondary N) is 2. The van der Waals surface area contributed by atoms with Crippen LogP contribution in [-0.2, 0) is 0 Å². The Bertz CT molecular complexity index is 636. The zero-order chi connectivity index (χ0) is 16.1. The second kappa shape index (κ2) is 7.18. The van der Waals surface area contributed by atoms with Gasteiger partial charge in [0.2, 0.25) is 0 Å². The summed E-state index contributed by atoms with van der Waals surface area (Å²) in [7, 11) is 0. The van der Waals surface area contributed by atoms with E-state index in [0.29, 0.717) is 10.8 Å². The molecule has 0 fully saturated rings. The molecule has 2 N–H and O–H groups in total. The van der Waals surface area contributed by atoms with Gasteiger partial charge < -0.3 is 15.4 Å². The standard InChI is InChI=1S/C17H19ClN2O2/c1-11-8-12(2)10-15(9-11)20-17(21)19-13(3)22-16-6-4-14(18)5-7-16/h4-10,13H,1-3H3,(H2,19,20,21).